The Balaban J connectivity index is 1.92. The van der Waals surface area contributed by atoms with Crippen LogP contribution in [0.4, 0.5) is 0 Å². The lowest BCUT2D eigenvalue weighted by Crippen LogP contribution is -2.31. The number of amides is 1. The Bertz CT molecular complexity index is 465. The number of methoxy groups -OCH3 is 1. The van der Waals surface area contributed by atoms with E-state index in [9.17, 15) is 4.79 Å². The molecule has 1 aromatic rings. The normalized spacial score (nSPS) is 22.0. The van der Waals surface area contributed by atoms with Crippen molar-refractivity contribution >= 4 is 5.91 Å². The molecule has 5 heteroatoms. The van der Waals surface area contributed by atoms with Crippen molar-refractivity contribution in [3.05, 3.63) is 35.4 Å². The van der Waals surface area contributed by atoms with Gasteiger partial charge in [-0.3, -0.25) is 10.2 Å². The van der Waals surface area contributed by atoms with E-state index in [0.29, 0.717) is 12.7 Å². The van der Waals surface area contributed by atoms with Crippen LogP contribution in [0.5, 0.6) is 0 Å². The first-order chi connectivity index (χ1) is 10.2. The molecule has 0 aromatic heterocycles. The number of carbonyl (C=O) groups excluding carboxylic acids is 1. The van der Waals surface area contributed by atoms with E-state index in [1.807, 2.05) is 24.3 Å². The molecule has 21 heavy (non-hydrogen) atoms. The van der Waals surface area contributed by atoms with E-state index >= 15 is 0 Å². The van der Waals surface area contributed by atoms with Crippen molar-refractivity contribution in [2.45, 2.75) is 50.9 Å². The molecule has 1 aromatic carbocycles. The first-order valence-corrected chi connectivity index (χ1v) is 7.43. The molecular weight excluding hydrogens is 268 g/mol. The molecule has 2 unspecified atom stereocenters. The standard InChI is InChI=1S/C16H24N2O3/c1-20-14-7-4-8-15(10-14)21-11-13-6-3-2-5-12(13)9-16(19)18-17/h2-3,5-6,14-15H,4,7-11,17H2,1H3,(H,18,19). The molecule has 2 atom stereocenters. The smallest absolute Gasteiger partial charge is 0.238 e. The van der Waals surface area contributed by atoms with Crippen LogP contribution in [-0.4, -0.2) is 25.2 Å². The minimum atomic E-state index is -0.195. The molecule has 116 valence electrons. The van der Waals surface area contributed by atoms with Crippen LogP contribution in [0.15, 0.2) is 24.3 Å². The molecule has 1 amide bonds. The van der Waals surface area contributed by atoms with Crippen molar-refractivity contribution in [1.29, 1.82) is 0 Å². The zero-order chi connectivity index (χ0) is 15.1. The van der Waals surface area contributed by atoms with E-state index in [-0.39, 0.29) is 18.4 Å². The van der Waals surface area contributed by atoms with Gasteiger partial charge in [-0.1, -0.05) is 24.3 Å². The maximum absolute atomic E-state index is 11.4. The minimum Gasteiger partial charge on any atom is -0.381 e. The van der Waals surface area contributed by atoms with Crippen LogP contribution >= 0.6 is 0 Å². The fourth-order valence-corrected chi connectivity index (χ4v) is 2.77. The highest BCUT2D eigenvalue weighted by Gasteiger charge is 2.22. The molecule has 0 spiro atoms. The highest BCUT2D eigenvalue weighted by atomic mass is 16.5. The first kappa shape index (κ1) is 15.9. The van der Waals surface area contributed by atoms with E-state index in [4.69, 9.17) is 15.3 Å². The average Bonchev–Trinajstić information content (AvgIpc) is 2.54. The van der Waals surface area contributed by atoms with Gasteiger partial charge < -0.3 is 9.47 Å². The molecule has 5 nitrogen and oxygen atoms in total. The fourth-order valence-electron chi connectivity index (χ4n) is 2.77. The molecule has 0 radical (unpaired) electrons. The Labute approximate surface area is 125 Å². The number of ether oxygens (including phenoxy) is 2. The molecule has 1 aliphatic rings. The summed E-state index contributed by atoms with van der Waals surface area (Å²) in [6.45, 7) is 0.523. The molecule has 1 saturated carbocycles. The van der Waals surface area contributed by atoms with E-state index in [1.54, 1.807) is 7.11 Å². The van der Waals surface area contributed by atoms with E-state index in [2.05, 4.69) is 5.43 Å². The maximum atomic E-state index is 11.4. The molecule has 1 fully saturated rings. The molecule has 3 N–H and O–H groups in total. The van der Waals surface area contributed by atoms with Gasteiger partial charge in [-0.25, -0.2) is 5.84 Å². The summed E-state index contributed by atoms with van der Waals surface area (Å²) in [7, 11) is 1.76. The second-order valence-electron chi connectivity index (χ2n) is 5.47. The van der Waals surface area contributed by atoms with Crippen LogP contribution in [-0.2, 0) is 27.3 Å². The lowest BCUT2D eigenvalue weighted by atomic mass is 9.95. The van der Waals surface area contributed by atoms with E-state index in [1.165, 1.54) is 0 Å². The number of rotatable bonds is 6. The van der Waals surface area contributed by atoms with Crippen LogP contribution in [0.2, 0.25) is 0 Å². The number of carbonyl (C=O) groups is 1. The Morgan fingerprint density at radius 3 is 2.71 bits per heavy atom. The van der Waals surface area contributed by atoms with Crippen molar-refractivity contribution in [1.82, 2.24) is 5.43 Å². The number of nitrogens with one attached hydrogen (secondary N) is 1. The minimum absolute atomic E-state index is 0.195. The van der Waals surface area contributed by atoms with Crippen LogP contribution in [0.25, 0.3) is 0 Å². The lowest BCUT2D eigenvalue weighted by molar-refractivity contribution is -0.120. The van der Waals surface area contributed by atoms with Gasteiger partial charge in [0.05, 0.1) is 25.2 Å². The summed E-state index contributed by atoms with van der Waals surface area (Å²) in [4.78, 5) is 11.4. The highest BCUT2D eigenvalue weighted by molar-refractivity contribution is 5.78. The zero-order valence-corrected chi connectivity index (χ0v) is 12.5. The Morgan fingerprint density at radius 1 is 1.29 bits per heavy atom. The van der Waals surface area contributed by atoms with Crippen LogP contribution in [0.3, 0.4) is 0 Å². The highest BCUT2D eigenvalue weighted by Crippen LogP contribution is 2.24. The van der Waals surface area contributed by atoms with Gasteiger partial charge in [0.2, 0.25) is 5.91 Å². The zero-order valence-electron chi connectivity index (χ0n) is 12.5. The monoisotopic (exact) mass is 292 g/mol. The second-order valence-corrected chi connectivity index (χ2v) is 5.47. The fraction of sp³-hybridized carbons (Fsp3) is 0.562. The van der Waals surface area contributed by atoms with Gasteiger partial charge in [0.25, 0.3) is 0 Å². The molecule has 0 saturated heterocycles. The van der Waals surface area contributed by atoms with Gasteiger partial charge in [-0.2, -0.15) is 0 Å². The summed E-state index contributed by atoms with van der Waals surface area (Å²) in [6, 6.07) is 7.81. The SMILES string of the molecule is COC1CCCC(OCc2ccccc2CC(=O)NN)C1. The second kappa shape index (κ2) is 8.12. The Morgan fingerprint density at radius 2 is 2.00 bits per heavy atom. The van der Waals surface area contributed by atoms with Gasteiger partial charge in [-0.15, -0.1) is 0 Å². The third-order valence-corrected chi connectivity index (χ3v) is 4.02. The summed E-state index contributed by atoms with van der Waals surface area (Å²) in [5.74, 6) is 4.95. The van der Waals surface area contributed by atoms with Gasteiger partial charge in [-0.05, 0) is 36.8 Å². The van der Waals surface area contributed by atoms with Gasteiger partial charge >= 0.3 is 0 Å². The van der Waals surface area contributed by atoms with Crippen LogP contribution in [0, 0.1) is 0 Å². The maximum Gasteiger partial charge on any atom is 0.238 e. The number of nitrogens with two attached hydrogens (primary N) is 1. The number of hydrazine groups is 1. The van der Waals surface area contributed by atoms with Gasteiger partial charge in [0.15, 0.2) is 0 Å². The molecule has 0 bridgehead atoms. The van der Waals surface area contributed by atoms with E-state index in [0.717, 1.165) is 36.8 Å². The Hall–Kier alpha value is -1.43. The molecule has 0 heterocycles. The summed E-state index contributed by atoms with van der Waals surface area (Å²) in [6.07, 6.45) is 5.10. The molecule has 2 rings (SSSR count). The summed E-state index contributed by atoms with van der Waals surface area (Å²) in [5, 5.41) is 0. The van der Waals surface area contributed by atoms with E-state index < -0.39 is 0 Å². The predicted molar refractivity (Wildman–Crippen MR) is 80.3 cm³/mol. The third-order valence-electron chi connectivity index (χ3n) is 4.02. The van der Waals surface area contributed by atoms with Crippen molar-refractivity contribution in [3.8, 4) is 0 Å². The van der Waals surface area contributed by atoms with Crippen LogP contribution in [0.1, 0.15) is 36.8 Å². The van der Waals surface area contributed by atoms with Crippen LogP contribution < -0.4 is 11.3 Å². The topological polar surface area (TPSA) is 73.6 Å². The number of benzene rings is 1. The Kier molecular flexibility index (Phi) is 6.17. The largest absolute Gasteiger partial charge is 0.381 e. The third kappa shape index (κ3) is 4.81. The van der Waals surface area contributed by atoms with Crippen molar-refractivity contribution in [3.63, 3.8) is 0 Å². The number of hydrogen-bond donors (Lipinski definition) is 2. The summed E-state index contributed by atoms with van der Waals surface area (Å²) in [5.41, 5.74) is 4.16. The van der Waals surface area contributed by atoms with Gasteiger partial charge in [0.1, 0.15) is 0 Å². The summed E-state index contributed by atoms with van der Waals surface area (Å²) < 4.78 is 11.4. The first-order valence-electron chi connectivity index (χ1n) is 7.43. The quantitative estimate of drug-likeness (QED) is 0.475. The number of hydrogen-bond acceptors (Lipinski definition) is 4. The van der Waals surface area contributed by atoms with Crippen molar-refractivity contribution in [2.24, 2.45) is 5.84 Å². The molecule has 0 aliphatic heterocycles. The lowest BCUT2D eigenvalue weighted by Gasteiger charge is -2.28. The van der Waals surface area contributed by atoms with Crippen molar-refractivity contribution < 1.29 is 14.3 Å². The van der Waals surface area contributed by atoms with Gasteiger partial charge in [0, 0.05) is 7.11 Å². The average molecular weight is 292 g/mol. The molecular formula is C16H24N2O3. The summed E-state index contributed by atoms with van der Waals surface area (Å²) >= 11 is 0. The molecule has 1 aliphatic carbocycles. The van der Waals surface area contributed by atoms with Crippen molar-refractivity contribution in [2.75, 3.05) is 7.11 Å². The predicted octanol–water partition coefficient (Wildman–Crippen LogP) is 1.69.